The van der Waals surface area contributed by atoms with Crippen LogP contribution in [0.4, 0.5) is 5.69 Å². The van der Waals surface area contributed by atoms with Crippen LogP contribution in [0, 0.1) is 6.92 Å². The van der Waals surface area contributed by atoms with E-state index < -0.39 is 0 Å². The average molecular weight is 491 g/mol. The number of amidine groups is 1. The molecule has 2 N–H and O–H groups in total. The van der Waals surface area contributed by atoms with Crippen molar-refractivity contribution in [2.75, 3.05) is 24.8 Å². The second kappa shape index (κ2) is 10.3. The minimum atomic E-state index is -0.283. The molecule has 1 fully saturated rings. The molecule has 1 aliphatic heterocycles. The van der Waals surface area contributed by atoms with Gasteiger partial charge in [0.2, 0.25) is 5.91 Å². The standard InChI is InChI=1S/C20H19BrN4O4S/c1-12-3-5-14(6-4-12)23-18(26)10-29-17-8-15(21)13(7-16(17)28-2)9-22-25-20-24-19(27)11-30-20/h3-9H,10-11H2,1-2H3,(H,23,26)(H,24,25,27). The van der Waals surface area contributed by atoms with E-state index in [1.54, 1.807) is 12.1 Å². The Balaban J connectivity index is 1.63. The van der Waals surface area contributed by atoms with Gasteiger partial charge in [-0.25, -0.2) is 0 Å². The van der Waals surface area contributed by atoms with Crippen LogP contribution in [0.1, 0.15) is 11.1 Å². The summed E-state index contributed by atoms with van der Waals surface area (Å²) in [4.78, 5) is 23.3. The lowest BCUT2D eigenvalue weighted by Crippen LogP contribution is -2.20. The highest BCUT2D eigenvalue weighted by atomic mass is 79.9. The predicted octanol–water partition coefficient (Wildman–Crippen LogP) is 3.34. The van der Waals surface area contributed by atoms with Crippen LogP contribution in [0.3, 0.4) is 0 Å². The molecule has 10 heteroatoms. The quantitative estimate of drug-likeness (QED) is 0.457. The van der Waals surface area contributed by atoms with Crippen LogP contribution in [0.15, 0.2) is 51.1 Å². The Kier molecular flexibility index (Phi) is 7.47. The molecule has 0 saturated carbocycles. The zero-order chi connectivity index (χ0) is 21.5. The third-order valence-electron chi connectivity index (χ3n) is 3.91. The number of ether oxygens (including phenoxy) is 2. The van der Waals surface area contributed by atoms with Gasteiger partial charge >= 0.3 is 0 Å². The Labute approximate surface area is 186 Å². The summed E-state index contributed by atoms with van der Waals surface area (Å²) in [7, 11) is 1.51. The molecule has 3 rings (SSSR count). The highest BCUT2D eigenvalue weighted by Crippen LogP contribution is 2.33. The molecule has 0 bridgehead atoms. The minimum Gasteiger partial charge on any atom is -0.493 e. The zero-order valence-electron chi connectivity index (χ0n) is 16.3. The summed E-state index contributed by atoms with van der Waals surface area (Å²) in [5.74, 6) is 0.818. The lowest BCUT2D eigenvalue weighted by Gasteiger charge is -2.12. The van der Waals surface area contributed by atoms with Gasteiger partial charge in [0.15, 0.2) is 23.3 Å². The minimum absolute atomic E-state index is 0.0929. The van der Waals surface area contributed by atoms with Crippen LogP contribution < -0.4 is 20.1 Å². The van der Waals surface area contributed by atoms with E-state index in [-0.39, 0.29) is 18.4 Å². The van der Waals surface area contributed by atoms with E-state index in [0.29, 0.717) is 38.1 Å². The van der Waals surface area contributed by atoms with Crippen LogP contribution in [-0.2, 0) is 9.59 Å². The topological polar surface area (TPSA) is 101 Å². The van der Waals surface area contributed by atoms with Gasteiger partial charge in [0.05, 0.1) is 19.1 Å². The van der Waals surface area contributed by atoms with Gasteiger partial charge in [-0.3, -0.25) is 9.59 Å². The molecule has 2 aromatic carbocycles. The van der Waals surface area contributed by atoms with Crippen molar-refractivity contribution in [2.45, 2.75) is 6.92 Å². The fourth-order valence-electron chi connectivity index (χ4n) is 2.42. The number of thioether (sulfide) groups is 1. The molecule has 0 atom stereocenters. The monoisotopic (exact) mass is 490 g/mol. The van der Waals surface area contributed by atoms with Crippen LogP contribution in [-0.4, -0.2) is 42.7 Å². The molecule has 30 heavy (non-hydrogen) atoms. The van der Waals surface area contributed by atoms with Crippen molar-refractivity contribution in [1.29, 1.82) is 0 Å². The van der Waals surface area contributed by atoms with Gasteiger partial charge in [-0.1, -0.05) is 29.5 Å². The van der Waals surface area contributed by atoms with Crippen LogP contribution in [0.5, 0.6) is 11.5 Å². The second-order valence-electron chi connectivity index (χ2n) is 6.21. The van der Waals surface area contributed by atoms with E-state index >= 15 is 0 Å². The maximum absolute atomic E-state index is 12.2. The number of carbonyl (C=O) groups is 2. The Bertz CT molecular complexity index is 1010. The summed E-state index contributed by atoms with van der Waals surface area (Å²) in [5, 5.41) is 13.8. The van der Waals surface area contributed by atoms with E-state index in [2.05, 4.69) is 36.8 Å². The number of nitrogens with one attached hydrogen (secondary N) is 2. The molecule has 1 heterocycles. The van der Waals surface area contributed by atoms with Crippen molar-refractivity contribution >= 4 is 56.6 Å². The number of methoxy groups -OCH3 is 1. The van der Waals surface area contributed by atoms with Gasteiger partial charge in [-0.15, -0.1) is 5.10 Å². The number of hydrogen-bond acceptors (Lipinski definition) is 7. The summed E-state index contributed by atoms with van der Waals surface area (Å²) in [5.41, 5.74) is 2.51. The molecule has 156 valence electrons. The summed E-state index contributed by atoms with van der Waals surface area (Å²) in [6.07, 6.45) is 1.53. The highest BCUT2D eigenvalue weighted by Gasteiger charge is 2.16. The van der Waals surface area contributed by atoms with E-state index in [1.165, 1.54) is 25.1 Å². The number of carbonyl (C=O) groups excluding carboxylic acids is 2. The Hall–Kier alpha value is -2.85. The SMILES string of the molecule is COc1cc(C=NN=C2NC(=O)CS2)c(Br)cc1OCC(=O)Nc1ccc(C)cc1. The Morgan fingerprint density at radius 2 is 2.07 bits per heavy atom. The fraction of sp³-hybridized carbons (Fsp3) is 0.200. The van der Waals surface area contributed by atoms with Crippen molar-refractivity contribution in [3.63, 3.8) is 0 Å². The maximum atomic E-state index is 12.2. The Morgan fingerprint density at radius 3 is 2.73 bits per heavy atom. The molecule has 1 saturated heterocycles. The van der Waals surface area contributed by atoms with E-state index in [1.807, 2.05) is 31.2 Å². The summed E-state index contributed by atoms with van der Waals surface area (Å²) in [6, 6.07) is 10.9. The number of rotatable bonds is 7. The van der Waals surface area contributed by atoms with Gasteiger partial charge in [-0.05, 0) is 47.1 Å². The first-order valence-electron chi connectivity index (χ1n) is 8.85. The molecule has 0 aliphatic carbocycles. The lowest BCUT2D eigenvalue weighted by molar-refractivity contribution is -0.118. The first kappa shape index (κ1) is 21.8. The number of aryl methyl sites for hydroxylation is 1. The van der Waals surface area contributed by atoms with Gasteiger partial charge < -0.3 is 20.1 Å². The zero-order valence-corrected chi connectivity index (χ0v) is 18.7. The van der Waals surface area contributed by atoms with Crippen LogP contribution in [0.25, 0.3) is 0 Å². The normalized spacial score (nSPS) is 14.8. The second-order valence-corrected chi connectivity index (χ2v) is 8.03. The first-order valence-corrected chi connectivity index (χ1v) is 10.6. The molecule has 2 amide bonds. The molecular formula is C20H19BrN4O4S. The number of amides is 2. The average Bonchev–Trinajstić information content (AvgIpc) is 3.14. The number of halogens is 1. The van der Waals surface area contributed by atoms with Crippen molar-refractivity contribution in [3.8, 4) is 11.5 Å². The number of nitrogens with zero attached hydrogens (tertiary/aromatic N) is 2. The predicted molar refractivity (Wildman–Crippen MR) is 122 cm³/mol. The first-order chi connectivity index (χ1) is 14.4. The van der Waals surface area contributed by atoms with Crippen molar-refractivity contribution < 1.29 is 19.1 Å². The van der Waals surface area contributed by atoms with Gasteiger partial charge in [-0.2, -0.15) is 5.10 Å². The fourth-order valence-corrected chi connectivity index (χ4v) is 3.48. The van der Waals surface area contributed by atoms with Crippen molar-refractivity contribution in [3.05, 3.63) is 52.0 Å². The third kappa shape index (κ3) is 6.07. The van der Waals surface area contributed by atoms with Crippen molar-refractivity contribution in [2.24, 2.45) is 10.2 Å². The summed E-state index contributed by atoms with van der Waals surface area (Å²) in [6.45, 7) is 1.81. The van der Waals surface area contributed by atoms with Crippen LogP contribution >= 0.6 is 27.7 Å². The summed E-state index contributed by atoms with van der Waals surface area (Å²) < 4.78 is 11.7. The summed E-state index contributed by atoms with van der Waals surface area (Å²) >= 11 is 4.74. The maximum Gasteiger partial charge on any atom is 0.262 e. The number of anilines is 1. The number of hydrogen-bond donors (Lipinski definition) is 2. The molecule has 2 aromatic rings. The molecule has 0 spiro atoms. The van der Waals surface area contributed by atoms with E-state index in [9.17, 15) is 9.59 Å². The van der Waals surface area contributed by atoms with Gasteiger partial charge in [0.25, 0.3) is 5.91 Å². The van der Waals surface area contributed by atoms with E-state index in [4.69, 9.17) is 9.47 Å². The highest BCUT2D eigenvalue weighted by molar-refractivity contribution is 9.10. The lowest BCUT2D eigenvalue weighted by atomic mass is 10.2. The molecular weight excluding hydrogens is 472 g/mol. The molecule has 0 aromatic heterocycles. The third-order valence-corrected chi connectivity index (χ3v) is 5.46. The molecule has 1 aliphatic rings. The number of benzene rings is 2. The largest absolute Gasteiger partial charge is 0.493 e. The molecule has 0 unspecified atom stereocenters. The van der Waals surface area contributed by atoms with Crippen LogP contribution in [0.2, 0.25) is 0 Å². The van der Waals surface area contributed by atoms with Crippen molar-refractivity contribution in [1.82, 2.24) is 5.32 Å². The molecule has 0 radical (unpaired) electrons. The van der Waals surface area contributed by atoms with Gasteiger partial charge in [0, 0.05) is 15.7 Å². The van der Waals surface area contributed by atoms with E-state index in [0.717, 1.165) is 5.56 Å². The smallest absolute Gasteiger partial charge is 0.262 e. The van der Waals surface area contributed by atoms with Gasteiger partial charge in [0.1, 0.15) is 0 Å². The Morgan fingerprint density at radius 1 is 1.30 bits per heavy atom. The molecule has 8 nitrogen and oxygen atoms in total.